The van der Waals surface area contributed by atoms with Crippen LogP contribution in [0, 0.1) is 5.92 Å². The number of aromatic nitrogens is 2. The van der Waals surface area contributed by atoms with Gasteiger partial charge in [-0.1, -0.05) is 12.1 Å². The molecule has 1 aliphatic carbocycles. The Morgan fingerprint density at radius 2 is 2.04 bits per heavy atom. The maximum Gasteiger partial charge on any atom is 0.241 e. The topological polar surface area (TPSA) is 73.1 Å². The summed E-state index contributed by atoms with van der Waals surface area (Å²) in [7, 11) is 0. The smallest absolute Gasteiger partial charge is 0.241 e. The molecule has 2 aliphatic heterocycles. The summed E-state index contributed by atoms with van der Waals surface area (Å²) in [5.74, 6) is 2.34. The van der Waals surface area contributed by atoms with Gasteiger partial charge < -0.3 is 9.88 Å². The molecule has 2 saturated heterocycles. The molecule has 3 heterocycles. The second-order valence-electron chi connectivity index (χ2n) is 7.78. The average molecular weight is 339 g/mol. The lowest BCUT2D eigenvalue weighted by Crippen LogP contribution is -2.48. The SMILES string of the molecule is O=C(C1CC(C2CC2)NN1)N1CCCC(c2nc3ccccc3[nH]2)C1. The van der Waals surface area contributed by atoms with Gasteiger partial charge >= 0.3 is 0 Å². The van der Waals surface area contributed by atoms with Crippen molar-refractivity contribution < 1.29 is 4.79 Å². The number of piperidine rings is 1. The average Bonchev–Trinajstić information content (AvgIpc) is 3.22. The molecule has 1 saturated carbocycles. The predicted octanol–water partition coefficient (Wildman–Crippen LogP) is 1.91. The number of imidazole rings is 1. The standard InChI is InChI=1S/C19H25N5O/c25-19(17-10-16(22-23-17)12-7-8-12)24-9-3-4-13(11-24)18-20-14-5-1-2-6-15(14)21-18/h1-2,5-6,12-13,16-17,22-23H,3-4,7-11H2,(H,20,21). The Morgan fingerprint density at radius 1 is 1.16 bits per heavy atom. The molecule has 6 nitrogen and oxygen atoms in total. The summed E-state index contributed by atoms with van der Waals surface area (Å²) in [4.78, 5) is 23.2. The molecule has 3 N–H and O–H groups in total. The van der Waals surface area contributed by atoms with Crippen LogP contribution in [0.5, 0.6) is 0 Å². The molecule has 25 heavy (non-hydrogen) atoms. The van der Waals surface area contributed by atoms with Gasteiger partial charge in [0.25, 0.3) is 0 Å². The molecule has 132 valence electrons. The van der Waals surface area contributed by atoms with Gasteiger partial charge in [0, 0.05) is 25.0 Å². The first kappa shape index (κ1) is 15.3. The molecule has 1 aromatic carbocycles. The van der Waals surface area contributed by atoms with Crippen LogP contribution in [0.15, 0.2) is 24.3 Å². The van der Waals surface area contributed by atoms with E-state index in [1.165, 1.54) is 12.8 Å². The van der Waals surface area contributed by atoms with Crippen molar-refractivity contribution in [2.24, 2.45) is 5.92 Å². The zero-order valence-corrected chi connectivity index (χ0v) is 14.4. The Hall–Kier alpha value is -1.92. The quantitative estimate of drug-likeness (QED) is 0.799. The van der Waals surface area contributed by atoms with Crippen molar-refractivity contribution in [2.45, 2.75) is 50.1 Å². The maximum atomic E-state index is 12.9. The van der Waals surface area contributed by atoms with E-state index < -0.39 is 0 Å². The summed E-state index contributed by atoms with van der Waals surface area (Å²) in [5.41, 5.74) is 8.66. The Labute approximate surface area is 147 Å². The number of rotatable bonds is 3. The summed E-state index contributed by atoms with van der Waals surface area (Å²) in [6.45, 7) is 1.63. The first-order valence-corrected chi connectivity index (χ1v) is 9.52. The number of hydrogen-bond donors (Lipinski definition) is 3. The summed E-state index contributed by atoms with van der Waals surface area (Å²) < 4.78 is 0. The minimum Gasteiger partial charge on any atom is -0.342 e. The highest BCUT2D eigenvalue weighted by atomic mass is 16.2. The summed E-state index contributed by atoms with van der Waals surface area (Å²) in [6, 6.07) is 8.54. The number of hydrazine groups is 1. The van der Waals surface area contributed by atoms with Gasteiger partial charge in [-0.15, -0.1) is 0 Å². The van der Waals surface area contributed by atoms with Crippen molar-refractivity contribution in [1.82, 2.24) is 25.7 Å². The molecule has 0 spiro atoms. The molecule has 1 amide bonds. The van der Waals surface area contributed by atoms with Gasteiger partial charge in [0.1, 0.15) is 11.9 Å². The molecule has 0 bridgehead atoms. The Kier molecular flexibility index (Phi) is 3.75. The van der Waals surface area contributed by atoms with Crippen LogP contribution in [0.2, 0.25) is 0 Å². The van der Waals surface area contributed by atoms with Crippen LogP contribution in [0.3, 0.4) is 0 Å². The third kappa shape index (κ3) is 2.93. The zero-order chi connectivity index (χ0) is 16.8. The van der Waals surface area contributed by atoms with E-state index in [0.717, 1.165) is 55.1 Å². The third-order valence-electron chi connectivity index (χ3n) is 5.95. The van der Waals surface area contributed by atoms with E-state index >= 15 is 0 Å². The first-order valence-electron chi connectivity index (χ1n) is 9.52. The number of para-hydroxylation sites is 2. The van der Waals surface area contributed by atoms with Gasteiger partial charge in [-0.3, -0.25) is 10.2 Å². The molecule has 0 radical (unpaired) electrons. The van der Waals surface area contributed by atoms with Crippen LogP contribution >= 0.6 is 0 Å². The summed E-state index contributed by atoms with van der Waals surface area (Å²) in [6.07, 6.45) is 5.66. The van der Waals surface area contributed by atoms with E-state index in [-0.39, 0.29) is 11.9 Å². The number of H-pyrrole nitrogens is 1. The van der Waals surface area contributed by atoms with Gasteiger partial charge in [-0.25, -0.2) is 10.4 Å². The van der Waals surface area contributed by atoms with Crippen LogP contribution < -0.4 is 10.9 Å². The molecule has 3 aliphatic rings. The number of nitrogens with zero attached hydrogens (tertiary/aromatic N) is 2. The van der Waals surface area contributed by atoms with E-state index in [1.807, 2.05) is 23.1 Å². The Morgan fingerprint density at radius 3 is 2.88 bits per heavy atom. The number of fused-ring (bicyclic) bond motifs is 1. The minimum absolute atomic E-state index is 0.0694. The molecule has 2 aromatic rings. The van der Waals surface area contributed by atoms with Crippen LogP contribution in [-0.4, -0.2) is 45.9 Å². The van der Waals surface area contributed by atoms with Gasteiger partial charge in [0.2, 0.25) is 5.91 Å². The van der Waals surface area contributed by atoms with E-state index in [0.29, 0.717) is 12.0 Å². The van der Waals surface area contributed by atoms with Crippen molar-refractivity contribution in [3.05, 3.63) is 30.1 Å². The summed E-state index contributed by atoms with van der Waals surface area (Å²) in [5, 5.41) is 0. The zero-order valence-electron chi connectivity index (χ0n) is 14.4. The molecule has 3 unspecified atom stereocenters. The van der Waals surface area contributed by atoms with E-state index in [4.69, 9.17) is 4.98 Å². The number of aromatic amines is 1. The molecule has 3 fully saturated rings. The van der Waals surface area contributed by atoms with Crippen LogP contribution in [0.25, 0.3) is 11.0 Å². The molecule has 1 aromatic heterocycles. The van der Waals surface area contributed by atoms with Gasteiger partial charge in [0.15, 0.2) is 0 Å². The predicted molar refractivity (Wildman–Crippen MR) is 95.8 cm³/mol. The molecule has 3 atom stereocenters. The Balaban J connectivity index is 1.28. The third-order valence-corrected chi connectivity index (χ3v) is 5.95. The fraction of sp³-hybridized carbons (Fsp3) is 0.579. The number of likely N-dealkylation sites (tertiary alicyclic amines) is 1. The molecular weight excluding hydrogens is 314 g/mol. The van der Waals surface area contributed by atoms with Crippen LogP contribution in [0.1, 0.15) is 43.8 Å². The molecule has 6 heteroatoms. The van der Waals surface area contributed by atoms with Gasteiger partial charge in [-0.2, -0.15) is 0 Å². The first-order chi connectivity index (χ1) is 12.3. The minimum atomic E-state index is -0.0694. The highest BCUT2D eigenvalue weighted by Gasteiger charge is 2.40. The number of benzene rings is 1. The van der Waals surface area contributed by atoms with Crippen LogP contribution in [-0.2, 0) is 4.79 Å². The van der Waals surface area contributed by atoms with Crippen molar-refractivity contribution in [1.29, 1.82) is 0 Å². The largest absolute Gasteiger partial charge is 0.342 e. The van der Waals surface area contributed by atoms with E-state index in [2.05, 4.69) is 21.9 Å². The summed E-state index contributed by atoms with van der Waals surface area (Å²) >= 11 is 0. The second-order valence-corrected chi connectivity index (χ2v) is 7.78. The van der Waals surface area contributed by atoms with Gasteiger partial charge in [-0.05, 0) is 50.2 Å². The van der Waals surface area contributed by atoms with Crippen molar-refractivity contribution >= 4 is 16.9 Å². The Bertz CT molecular complexity index is 750. The van der Waals surface area contributed by atoms with Gasteiger partial charge in [0.05, 0.1) is 11.0 Å². The highest BCUT2D eigenvalue weighted by molar-refractivity contribution is 5.82. The number of amides is 1. The van der Waals surface area contributed by atoms with E-state index in [9.17, 15) is 4.79 Å². The molecule has 5 rings (SSSR count). The molecular formula is C19H25N5O. The fourth-order valence-electron chi connectivity index (χ4n) is 4.34. The van der Waals surface area contributed by atoms with Crippen LogP contribution in [0.4, 0.5) is 0 Å². The number of carbonyl (C=O) groups is 1. The van der Waals surface area contributed by atoms with Crippen molar-refractivity contribution in [3.63, 3.8) is 0 Å². The number of nitrogens with one attached hydrogen (secondary N) is 3. The fourth-order valence-corrected chi connectivity index (χ4v) is 4.34. The number of hydrogen-bond acceptors (Lipinski definition) is 4. The van der Waals surface area contributed by atoms with E-state index in [1.54, 1.807) is 0 Å². The lowest BCUT2D eigenvalue weighted by atomic mass is 9.96. The maximum absolute atomic E-state index is 12.9. The number of carbonyl (C=O) groups excluding carboxylic acids is 1. The lowest BCUT2D eigenvalue weighted by molar-refractivity contribution is -0.134. The normalized spacial score (nSPS) is 30.1. The highest BCUT2D eigenvalue weighted by Crippen LogP contribution is 2.36. The monoisotopic (exact) mass is 339 g/mol. The van der Waals surface area contributed by atoms with Crippen molar-refractivity contribution in [2.75, 3.05) is 13.1 Å². The van der Waals surface area contributed by atoms with Crippen molar-refractivity contribution in [3.8, 4) is 0 Å². The second kappa shape index (κ2) is 6.11. The lowest BCUT2D eigenvalue weighted by Gasteiger charge is -2.33.